The summed E-state index contributed by atoms with van der Waals surface area (Å²) in [5.41, 5.74) is 2.11. The SMILES string of the molecule is CCOc1ccccc1NC(=O)c1csc(-c2ccsc2)n1. The molecule has 1 N–H and O–H groups in total. The normalized spacial score (nSPS) is 10.4. The van der Waals surface area contributed by atoms with Crippen molar-refractivity contribution < 1.29 is 9.53 Å². The van der Waals surface area contributed by atoms with Crippen LogP contribution in [0.15, 0.2) is 46.5 Å². The topological polar surface area (TPSA) is 51.2 Å². The number of carbonyl (C=O) groups is 1. The molecule has 2 aromatic heterocycles. The third kappa shape index (κ3) is 3.18. The highest BCUT2D eigenvalue weighted by Crippen LogP contribution is 2.27. The van der Waals surface area contributed by atoms with E-state index in [0.29, 0.717) is 23.7 Å². The first-order chi connectivity index (χ1) is 10.8. The molecular formula is C16H14N2O2S2. The fraction of sp³-hybridized carbons (Fsp3) is 0.125. The number of para-hydroxylation sites is 2. The molecule has 0 saturated carbocycles. The monoisotopic (exact) mass is 330 g/mol. The number of benzene rings is 1. The van der Waals surface area contributed by atoms with Gasteiger partial charge in [-0.2, -0.15) is 11.3 Å². The highest BCUT2D eigenvalue weighted by atomic mass is 32.1. The number of rotatable bonds is 5. The van der Waals surface area contributed by atoms with Crippen LogP contribution in [-0.4, -0.2) is 17.5 Å². The first kappa shape index (κ1) is 14.7. The van der Waals surface area contributed by atoms with E-state index in [2.05, 4.69) is 10.3 Å². The molecule has 0 saturated heterocycles. The lowest BCUT2D eigenvalue weighted by atomic mass is 10.3. The van der Waals surface area contributed by atoms with Gasteiger partial charge in [-0.15, -0.1) is 11.3 Å². The fourth-order valence-electron chi connectivity index (χ4n) is 1.93. The molecule has 1 aromatic carbocycles. The smallest absolute Gasteiger partial charge is 0.275 e. The van der Waals surface area contributed by atoms with Gasteiger partial charge in [0.2, 0.25) is 0 Å². The summed E-state index contributed by atoms with van der Waals surface area (Å²) in [4.78, 5) is 16.7. The molecule has 112 valence electrons. The molecule has 0 radical (unpaired) electrons. The molecule has 4 nitrogen and oxygen atoms in total. The number of nitrogens with one attached hydrogen (secondary N) is 1. The molecule has 0 atom stereocenters. The minimum Gasteiger partial charge on any atom is -0.492 e. The van der Waals surface area contributed by atoms with Gasteiger partial charge in [0.15, 0.2) is 0 Å². The second-order valence-corrected chi connectivity index (χ2v) is 6.07. The van der Waals surface area contributed by atoms with Gasteiger partial charge in [-0.1, -0.05) is 12.1 Å². The number of ether oxygens (including phenoxy) is 1. The summed E-state index contributed by atoms with van der Waals surface area (Å²) in [5.74, 6) is 0.427. The van der Waals surface area contributed by atoms with E-state index in [0.717, 1.165) is 10.6 Å². The van der Waals surface area contributed by atoms with Crippen LogP contribution in [0.4, 0.5) is 5.69 Å². The van der Waals surface area contributed by atoms with E-state index in [1.807, 2.05) is 48.0 Å². The number of anilines is 1. The number of amides is 1. The van der Waals surface area contributed by atoms with Crippen molar-refractivity contribution in [1.82, 2.24) is 4.98 Å². The molecule has 0 aliphatic rings. The number of hydrogen-bond acceptors (Lipinski definition) is 5. The largest absolute Gasteiger partial charge is 0.492 e. The Kier molecular flexibility index (Phi) is 4.50. The fourth-order valence-corrected chi connectivity index (χ4v) is 3.45. The zero-order chi connectivity index (χ0) is 15.4. The van der Waals surface area contributed by atoms with Crippen molar-refractivity contribution in [1.29, 1.82) is 0 Å². The summed E-state index contributed by atoms with van der Waals surface area (Å²) in [6.45, 7) is 2.46. The third-order valence-corrected chi connectivity index (χ3v) is 4.51. The Hall–Kier alpha value is -2.18. The minimum absolute atomic E-state index is 0.232. The lowest BCUT2D eigenvalue weighted by Gasteiger charge is -2.10. The molecule has 0 unspecified atom stereocenters. The van der Waals surface area contributed by atoms with Crippen LogP contribution in [0.1, 0.15) is 17.4 Å². The first-order valence-corrected chi connectivity index (χ1v) is 8.61. The van der Waals surface area contributed by atoms with Gasteiger partial charge in [-0.25, -0.2) is 4.98 Å². The quantitative estimate of drug-likeness (QED) is 0.748. The maximum atomic E-state index is 12.3. The van der Waals surface area contributed by atoms with Crippen LogP contribution < -0.4 is 10.1 Å². The molecule has 2 heterocycles. The van der Waals surface area contributed by atoms with Crippen LogP contribution in [0.25, 0.3) is 10.6 Å². The third-order valence-electron chi connectivity index (χ3n) is 2.94. The Morgan fingerprint density at radius 3 is 2.91 bits per heavy atom. The van der Waals surface area contributed by atoms with Gasteiger partial charge >= 0.3 is 0 Å². The van der Waals surface area contributed by atoms with Crippen LogP contribution >= 0.6 is 22.7 Å². The summed E-state index contributed by atoms with van der Waals surface area (Å²) >= 11 is 3.08. The summed E-state index contributed by atoms with van der Waals surface area (Å²) in [6.07, 6.45) is 0. The predicted molar refractivity (Wildman–Crippen MR) is 91.0 cm³/mol. The van der Waals surface area contributed by atoms with E-state index in [4.69, 9.17) is 4.74 Å². The molecule has 0 aliphatic carbocycles. The zero-order valence-corrected chi connectivity index (χ0v) is 13.5. The van der Waals surface area contributed by atoms with Gasteiger partial charge in [-0.05, 0) is 30.5 Å². The van der Waals surface area contributed by atoms with E-state index in [1.165, 1.54) is 11.3 Å². The number of carbonyl (C=O) groups excluding carboxylic acids is 1. The van der Waals surface area contributed by atoms with Crippen LogP contribution in [0, 0.1) is 0 Å². The van der Waals surface area contributed by atoms with Gasteiger partial charge in [0.05, 0.1) is 12.3 Å². The maximum absolute atomic E-state index is 12.3. The number of thiazole rings is 1. The summed E-state index contributed by atoms with van der Waals surface area (Å²) < 4.78 is 5.51. The minimum atomic E-state index is -0.232. The Labute approximate surface area is 136 Å². The molecule has 3 aromatic rings. The first-order valence-electron chi connectivity index (χ1n) is 6.79. The second-order valence-electron chi connectivity index (χ2n) is 4.43. The number of aromatic nitrogens is 1. The standard InChI is InChI=1S/C16H14N2O2S2/c1-2-20-14-6-4-3-5-12(14)17-15(19)13-10-22-16(18-13)11-7-8-21-9-11/h3-10H,2H2,1H3,(H,17,19). The van der Waals surface area contributed by atoms with Gasteiger partial charge in [0, 0.05) is 16.3 Å². The van der Waals surface area contributed by atoms with Crippen molar-refractivity contribution in [2.45, 2.75) is 6.92 Å². The van der Waals surface area contributed by atoms with Crippen LogP contribution in [0.2, 0.25) is 0 Å². The summed E-state index contributed by atoms with van der Waals surface area (Å²) in [7, 11) is 0. The molecule has 3 rings (SSSR count). The molecule has 1 amide bonds. The maximum Gasteiger partial charge on any atom is 0.275 e. The molecule has 0 spiro atoms. The Balaban J connectivity index is 1.78. The molecule has 0 aliphatic heterocycles. The van der Waals surface area contributed by atoms with Gasteiger partial charge < -0.3 is 10.1 Å². The molecular weight excluding hydrogens is 316 g/mol. The van der Waals surface area contributed by atoms with E-state index >= 15 is 0 Å². The average Bonchev–Trinajstić information content (AvgIpc) is 3.20. The van der Waals surface area contributed by atoms with Crippen molar-refractivity contribution in [3.05, 3.63) is 52.2 Å². The molecule has 0 fully saturated rings. The van der Waals surface area contributed by atoms with Gasteiger partial charge in [0.25, 0.3) is 5.91 Å². The second kappa shape index (κ2) is 6.72. The van der Waals surface area contributed by atoms with Crippen LogP contribution in [0.5, 0.6) is 5.75 Å². The number of thiophene rings is 1. The van der Waals surface area contributed by atoms with Crippen molar-refractivity contribution in [3.63, 3.8) is 0 Å². The molecule has 22 heavy (non-hydrogen) atoms. The predicted octanol–water partition coefficient (Wildman–Crippen LogP) is 4.52. The summed E-state index contributed by atoms with van der Waals surface area (Å²) in [6, 6.07) is 9.37. The van der Waals surface area contributed by atoms with Crippen molar-refractivity contribution in [3.8, 4) is 16.3 Å². The Bertz CT molecular complexity index is 766. The Morgan fingerprint density at radius 1 is 1.27 bits per heavy atom. The van der Waals surface area contributed by atoms with Crippen LogP contribution in [-0.2, 0) is 0 Å². The van der Waals surface area contributed by atoms with Crippen molar-refractivity contribution in [2.24, 2.45) is 0 Å². The van der Waals surface area contributed by atoms with E-state index in [1.54, 1.807) is 16.7 Å². The number of nitrogens with zero attached hydrogens (tertiary/aromatic N) is 1. The van der Waals surface area contributed by atoms with Crippen molar-refractivity contribution in [2.75, 3.05) is 11.9 Å². The van der Waals surface area contributed by atoms with Crippen molar-refractivity contribution >= 4 is 34.3 Å². The highest BCUT2D eigenvalue weighted by Gasteiger charge is 2.14. The van der Waals surface area contributed by atoms with E-state index < -0.39 is 0 Å². The van der Waals surface area contributed by atoms with E-state index in [-0.39, 0.29) is 5.91 Å². The Morgan fingerprint density at radius 2 is 2.14 bits per heavy atom. The lowest BCUT2D eigenvalue weighted by molar-refractivity contribution is 0.102. The van der Waals surface area contributed by atoms with Gasteiger partial charge in [0.1, 0.15) is 16.5 Å². The summed E-state index contributed by atoms with van der Waals surface area (Å²) in [5, 5.41) is 9.49. The highest BCUT2D eigenvalue weighted by molar-refractivity contribution is 7.14. The van der Waals surface area contributed by atoms with Crippen LogP contribution in [0.3, 0.4) is 0 Å². The zero-order valence-electron chi connectivity index (χ0n) is 11.9. The number of hydrogen-bond donors (Lipinski definition) is 1. The molecule has 6 heteroatoms. The molecule has 0 bridgehead atoms. The lowest BCUT2D eigenvalue weighted by Crippen LogP contribution is -2.13. The van der Waals surface area contributed by atoms with E-state index in [9.17, 15) is 4.79 Å². The average molecular weight is 330 g/mol. The van der Waals surface area contributed by atoms with Gasteiger partial charge in [-0.3, -0.25) is 4.79 Å².